The average molecular weight is 216 g/mol. The van der Waals surface area contributed by atoms with Gasteiger partial charge in [0.15, 0.2) is 0 Å². The molecule has 0 radical (unpaired) electrons. The van der Waals surface area contributed by atoms with Crippen molar-refractivity contribution in [2.45, 2.75) is 0 Å². The third-order valence-electron chi connectivity index (χ3n) is 1.84. The van der Waals surface area contributed by atoms with E-state index >= 15 is 0 Å². The Labute approximate surface area is 89.7 Å². The number of H-pyrrole nitrogens is 2. The first-order valence-electron chi connectivity index (χ1n) is 4.52. The lowest BCUT2D eigenvalue weighted by Gasteiger charge is -1.91. The summed E-state index contributed by atoms with van der Waals surface area (Å²) in [5.41, 5.74) is -0.161. The summed E-state index contributed by atoms with van der Waals surface area (Å²) in [6.07, 6.45) is 6.01. The molecule has 0 aliphatic rings. The van der Waals surface area contributed by atoms with Gasteiger partial charge in [-0.15, -0.1) is 0 Å². The summed E-state index contributed by atoms with van der Waals surface area (Å²) >= 11 is 0. The normalized spacial score (nSPS) is 10.8. The van der Waals surface area contributed by atoms with Crippen LogP contribution in [0.1, 0.15) is 5.56 Å². The third-order valence-corrected chi connectivity index (χ3v) is 1.84. The standard InChI is InChI=1S/C10H8N4O2/c15-9-8(6-13-10(16)14-9)12-5-7-2-1-3-11-4-7/h1-6H,(H2,13,14,15,16). The van der Waals surface area contributed by atoms with Gasteiger partial charge < -0.3 is 4.98 Å². The summed E-state index contributed by atoms with van der Waals surface area (Å²) in [5, 5.41) is 0. The molecule has 0 saturated heterocycles. The summed E-state index contributed by atoms with van der Waals surface area (Å²) in [4.78, 5) is 34.3. The Hall–Kier alpha value is -2.50. The van der Waals surface area contributed by atoms with Gasteiger partial charge in [0.05, 0.1) is 0 Å². The van der Waals surface area contributed by atoms with E-state index in [2.05, 4.69) is 19.9 Å². The Bertz CT molecular complexity index is 612. The molecule has 0 spiro atoms. The highest BCUT2D eigenvalue weighted by atomic mass is 16.2. The zero-order valence-electron chi connectivity index (χ0n) is 8.18. The van der Waals surface area contributed by atoms with Crippen molar-refractivity contribution in [3.63, 3.8) is 0 Å². The van der Waals surface area contributed by atoms with Crippen molar-refractivity contribution < 1.29 is 0 Å². The number of nitrogens with one attached hydrogen (secondary N) is 2. The van der Waals surface area contributed by atoms with Crippen LogP contribution in [0.4, 0.5) is 5.69 Å². The molecule has 0 atom stereocenters. The molecule has 2 aromatic heterocycles. The van der Waals surface area contributed by atoms with Crippen LogP contribution in [-0.2, 0) is 0 Å². The first-order chi connectivity index (χ1) is 7.75. The molecule has 16 heavy (non-hydrogen) atoms. The van der Waals surface area contributed by atoms with Crippen LogP contribution in [0.2, 0.25) is 0 Å². The second-order valence-electron chi connectivity index (χ2n) is 3.00. The number of aromatic nitrogens is 3. The topological polar surface area (TPSA) is 91.0 Å². The number of rotatable bonds is 2. The lowest BCUT2D eigenvalue weighted by atomic mass is 10.3. The molecule has 0 aliphatic carbocycles. The second kappa shape index (κ2) is 4.35. The van der Waals surface area contributed by atoms with E-state index in [4.69, 9.17) is 0 Å². The van der Waals surface area contributed by atoms with Gasteiger partial charge in [-0.1, -0.05) is 6.07 Å². The maximum atomic E-state index is 11.3. The van der Waals surface area contributed by atoms with E-state index in [-0.39, 0.29) is 5.69 Å². The van der Waals surface area contributed by atoms with E-state index in [1.165, 1.54) is 12.4 Å². The predicted octanol–water partition coefficient (Wildman–Crippen LogP) is 0.209. The van der Waals surface area contributed by atoms with Gasteiger partial charge >= 0.3 is 5.69 Å². The van der Waals surface area contributed by atoms with Crippen LogP contribution in [0, 0.1) is 0 Å². The average Bonchev–Trinajstić information content (AvgIpc) is 2.29. The summed E-state index contributed by atoms with van der Waals surface area (Å²) in [7, 11) is 0. The van der Waals surface area contributed by atoms with Gasteiger partial charge in [-0.05, 0) is 6.07 Å². The minimum absolute atomic E-state index is 0.142. The highest BCUT2D eigenvalue weighted by molar-refractivity contribution is 5.81. The molecule has 0 aromatic carbocycles. The number of nitrogens with zero attached hydrogens (tertiary/aromatic N) is 2. The molecule has 0 aliphatic heterocycles. The molecule has 0 saturated carbocycles. The van der Waals surface area contributed by atoms with Crippen molar-refractivity contribution in [2.75, 3.05) is 0 Å². The van der Waals surface area contributed by atoms with Gasteiger partial charge in [-0.25, -0.2) is 9.79 Å². The first-order valence-corrected chi connectivity index (χ1v) is 4.52. The van der Waals surface area contributed by atoms with Crippen LogP contribution in [-0.4, -0.2) is 21.2 Å². The lowest BCUT2D eigenvalue weighted by Crippen LogP contribution is -2.20. The minimum Gasteiger partial charge on any atom is -0.312 e. The fraction of sp³-hybridized carbons (Fsp3) is 0. The lowest BCUT2D eigenvalue weighted by molar-refractivity contribution is 1.03. The van der Waals surface area contributed by atoms with Gasteiger partial charge in [0.2, 0.25) is 0 Å². The van der Waals surface area contributed by atoms with Crippen molar-refractivity contribution in [1.82, 2.24) is 15.0 Å². The van der Waals surface area contributed by atoms with Crippen molar-refractivity contribution >= 4 is 11.9 Å². The number of hydrogen-bond acceptors (Lipinski definition) is 4. The Balaban J connectivity index is 2.31. The van der Waals surface area contributed by atoms with Gasteiger partial charge in [0, 0.05) is 30.4 Å². The zero-order chi connectivity index (χ0) is 11.4. The van der Waals surface area contributed by atoms with Crippen LogP contribution in [0.15, 0.2) is 45.3 Å². The molecular weight excluding hydrogens is 208 g/mol. The molecule has 0 amide bonds. The maximum absolute atomic E-state index is 11.3. The fourth-order valence-electron chi connectivity index (χ4n) is 1.09. The van der Waals surface area contributed by atoms with E-state index in [9.17, 15) is 9.59 Å². The molecule has 2 N–H and O–H groups in total. The molecule has 0 bridgehead atoms. The highest BCUT2D eigenvalue weighted by Gasteiger charge is 1.95. The SMILES string of the molecule is O=c1[nH]cc(N=Cc2cccnc2)c(=O)[nH]1. The van der Waals surface area contributed by atoms with Gasteiger partial charge in [0.1, 0.15) is 5.69 Å². The molecule has 0 unspecified atom stereocenters. The van der Waals surface area contributed by atoms with E-state index in [1.54, 1.807) is 24.5 Å². The van der Waals surface area contributed by atoms with E-state index in [1.807, 2.05) is 0 Å². The van der Waals surface area contributed by atoms with Crippen molar-refractivity contribution in [2.24, 2.45) is 4.99 Å². The van der Waals surface area contributed by atoms with Crippen molar-refractivity contribution in [1.29, 1.82) is 0 Å². The van der Waals surface area contributed by atoms with Crippen LogP contribution in [0.25, 0.3) is 0 Å². The maximum Gasteiger partial charge on any atom is 0.325 e. The Morgan fingerprint density at radius 3 is 2.94 bits per heavy atom. The molecule has 80 valence electrons. The molecule has 6 heteroatoms. The molecule has 2 aromatic rings. The minimum atomic E-state index is -0.551. The second-order valence-corrected chi connectivity index (χ2v) is 3.00. The van der Waals surface area contributed by atoms with Crippen molar-refractivity contribution in [3.8, 4) is 0 Å². The van der Waals surface area contributed by atoms with Crippen LogP contribution in [0.5, 0.6) is 0 Å². The molecule has 6 nitrogen and oxygen atoms in total. The predicted molar refractivity (Wildman–Crippen MR) is 59.2 cm³/mol. The quantitative estimate of drug-likeness (QED) is 0.703. The zero-order valence-corrected chi connectivity index (χ0v) is 8.18. The van der Waals surface area contributed by atoms with Gasteiger partial charge in [-0.2, -0.15) is 0 Å². The molecule has 2 heterocycles. The summed E-state index contributed by atoms with van der Waals surface area (Å²) in [6, 6.07) is 3.56. The summed E-state index contributed by atoms with van der Waals surface area (Å²) in [5.74, 6) is 0. The number of aromatic amines is 2. The number of hydrogen-bond donors (Lipinski definition) is 2. The Morgan fingerprint density at radius 2 is 2.25 bits per heavy atom. The first kappa shape index (κ1) is 10.0. The number of aliphatic imine (C=N–C) groups is 1. The summed E-state index contributed by atoms with van der Waals surface area (Å²) < 4.78 is 0. The van der Waals surface area contributed by atoms with Crippen LogP contribution in [0.3, 0.4) is 0 Å². The van der Waals surface area contributed by atoms with Gasteiger partial charge in [-0.3, -0.25) is 14.8 Å². The molecule has 0 fully saturated rings. The van der Waals surface area contributed by atoms with Gasteiger partial charge in [0.25, 0.3) is 5.56 Å². The fourth-order valence-corrected chi connectivity index (χ4v) is 1.09. The molecular formula is C10H8N4O2. The largest absolute Gasteiger partial charge is 0.325 e. The smallest absolute Gasteiger partial charge is 0.312 e. The van der Waals surface area contributed by atoms with Crippen LogP contribution >= 0.6 is 0 Å². The summed E-state index contributed by atoms with van der Waals surface area (Å²) in [6.45, 7) is 0. The monoisotopic (exact) mass is 216 g/mol. The molecule has 2 rings (SSSR count). The Kier molecular flexibility index (Phi) is 2.73. The van der Waals surface area contributed by atoms with E-state index < -0.39 is 11.2 Å². The van der Waals surface area contributed by atoms with Crippen LogP contribution < -0.4 is 11.2 Å². The van der Waals surface area contributed by atoms with E-state index in [0.717, 1.165) is 5.56 Å². The van der Waals surface area contributed by atoms with E-state index in [0.29, 0.717) is 0 Å². The number of pyridine rings is 1. The highest BCUT2D eigenvalue weighted by Crippen LogP contribution is 1.99. The van der Waals surface area contributed by atoms with Crippen molar-refractivity contribution in [3.05, 3.63) is 57.1 Å². The Morgan fingerprint density at radius 1 is 1.38 bits per heavy atom. The third kappa shape index (κ3) is 2.30.